The molecule has 0 spiro atoms. The molecule has 0 saturated carbocycles. The molecule has 1 rings (SSSR count). The van der Waals surface area contributed by atoms with Gasteiger partial charge in [-0.05, 0) is 32.7 Å². The third kappa shape index (κ3) is 5.83. The number of hydrogen-bond donors (Lipinski definition) is 1. The molecule has 0 aromatic heterocycles. The molecule has 1 unspecified atom stereocenters. The van der Waals surface area contributed by atoms with Crippen molar-refractivity contribution in [1.82, 2.24) is 13.9 Å². The maximum atomic E-state index is 12.7. The van der Waals surface area contributed by atoms with Gasteiger partial charge in [-0.3, -0.25) is 0 Å². The van der Waals surface area contributed by atoms with Crippen molar-refractivity contribution in [3.63, 3.8) is 0 Å². The number of hydrogen-bond acceptors (Lipinski definition) is 4. The van der Waals surface area contributed by atoms with Crippen LogP contribution in [0.4, 0.5) is 0 Å². The molecule has 0 bridgehead atoms. The zero-order valence-corrected chi connectivity index (χ0v) is 14.5. The maximum Gasteiger partial charge on any atom is 0.282 e. The van der Waals surface area contributed by atoms with Crippen molar-refractivity contribution in [2.45, 2.75) is 45.6 Å². The van der Waals surface area contributed by atoms with Crippen LogP contribution in [0.3, 0.4) is 0 Å². The molecule has 1 aliphatic rings. The van der Waals surface area contributed by atoms with Crippen molar-refractivity contribution in [1.29, 1.82) is 0 Å². The van der Waals surface area contributed by atoms with Gasteiger partial charge in [0.2, 0.25) is 0 Å². The van der Waals surface area contributed by atoms with Crippen LogP contribution in [0.2, 0.25) is 0 Å². The summed E-state index contributed by atoms with van der Waals surface area (Å²) in [5, 5.41) is 3.35. The van der Waals surface area contributed by atoms with Crippen LogP contribution in [0, 0.1) is 0 Å². The minimum atomic E-state index is -3.38. The molecule has 6 nitrogen and oxygen atoms in total. The predicted molar refractivity (Wildman–Crippen MR) is 85.5 cm³/mol. The third-order valence-electron chi connectivity index (χ3n) is 3.82. The van der Waals surface area contributed by atoms with Gasteiger partial charge >= 0.3 is 0 Å². The molecular formula is C14H31N3O3S. The molecule has 0 aromatic rings. The van der Waals surface area contributed by atoms with E-state index in [2.05, 4.69) is 12.2 Å². The Balaban J connectivity index is 2.63. The Hall–Kier alpha value is -0.210. The number of piperidine rings is 1. The van der Waals surface area contributed by atoms with Crippen LogP contribution in [-0.4, -0.2) is 69.5 Å². The van der Waals surface area contributed by atoms with Gasteiger partial charge in [-0.1, -0.05) is 13.3 Å². The average Bonchev–Trinajstić information content (AvgIpc) is 2.48. The number of nitrogens with zero attached hydrogens (tertiary/aromatic N) is 2. The lowest BCUT2D eigenvalue weighted by atomic mass is 10.1. The summed E-state index contributed by atoms with van der Waals surface area (Å²) >= 11 is 0. The summed E-state index contributed by atoms with van der Waals surface area (Å²) in [6.45, 7) is 7.79. The first kappa shape index (κ1) is 18.8. The molecule has 7 heteroatoms. The zero-order chi connectivity index (χ0) is 15.7. The van der Waals surface area contributed by atoms with Crippen LogP contribution in [0.25, 0.3) is 0 Å². The van der Waals surface area contributed by atoms with Gasteiger partial charge in [-0.25, -0.2) is 0 Å². The van der Waals surface area contributed by atoms with Crippen molar-refractivity contribution in [3.8, 4) is 0 Å². The fourth-order valence-corrected chi connectivity index (χ4v) is 4.14. The lowest BCUT2D eigenvalue weighted by molar-refractivity contribution is 0.135. The van der Waals surface area contributed by atoms with Gasteiger partial charge < -0.3 is 10.1 Å². The van der Waals surface area contributed by atoms with E-state index >= 15 is 0 Å². The van der Waals surface area contributed by atoms with Gasteiger partial charge in [0.25, 0.3) is 10.2 Å². The fourth-order valence-electron chi connectivity index (χ4n) is 2.56. The van der Waals surface area contributed by atoms with Gasteiger partial charge in [-0.15, -0.1) is 0 Å². The van der Waals surface area contributed by atoms with E-state index in [1.807, 2.05) is 6.92 Å². The Morgan fingerprint density at radius 2 is 2.10 bits per heavy atom. The Kier molecular flexibility index (Phi) is 8.73. The first-order chi connectivity index (χ1) is 10.0. The predicted octanol–water partition coefficient (Wildman–Crippen LogP) is 1.05. The van der Waals surface area contributed by atoms with Gasteiger partial charge in [0, 0.05) is 39.3 Å². The summed E-state index contributed by atoms with van der Waals surface area (Å²) in [6, 6.07) is 0.0739. The van der Waals surface area contributed by atoms with Crippen LogP contribution < -0.4 is 5.32 Å². The van der Waals surface area contributed by atoms with Gasteiger partial charge in [-0.2, -0.15) is 17.0 Å². The van der Waals surface area contributed by atoms with Crippen LogP contribution in [0.5, 0.6) is 0 Å². The molecule has 1 atom stereocenters. The van der Waals surface area contributed by atoms with E-state index in [1.54, 1.807) is 11.4 Å². The highest BCUT2D eigenvalue weighted by Crippen LogP contribution is 2.21. The highest BCUT2D eigenvalue weighted by molar-refractivity contribution is 7.86. The molecule has 126 valence electrons. The molecule has 1 N–H and O–H groups in total. The number of ether oxygens (including phenoxy) is 1. The van der Waals surface area contributed by atoms with Crippen molar-refractivity contribution in [2.75, 3.05) is 46.4 Å². The van der Waals surface area contributed by atoms with Gasteiger partial charge in [0.05, 0.1) is 6.61 Å². The van der Waals surface area contributed by atoms with E-state index in [0.717, 1.165) is 38.8 Å². The second-order valence-electron chi connectivity index (χ2n) is 5.49. The summed E-state index contributed by atoms with van der Waals surface area (Å²) in [7, 11) is -1.74. The van der Waals surface area contributed by atoms with Crippen molar-refractivity contribution in [2.24, 2.45) is 0 Å². The average molecular weight is 321 g/mol. The number of likely N-dealkylation sites (N-methyl/N-ethyl adjacent to an activating group) is 1. The Labute approximate surface area is 130 Å². The molecule has 0 aromatic carbocycles. The lowest BCUT2D eigenvalue weighted by Crippen LogP contribution is -2.53. The largest absolute Gasteiger partial charge is 0.380 e. The second kappa shape index (κ2) is 9.74. The lowest BCUT2D eigenvalue weighted by Gasteiger charge is -2.37. The van der Waals surface area contributed by atoms with Crippen molar-refractivity contribution >= 4 is 10.2 Å². The number of nitrogens with one attached hydrogen (secondary N) is 1. The molecule has 21 heavy (non-hydrogen) atoms. The maximum absolute atomic E-state index is 12.7. The molecule has 1 fully saturated rings. The monoisotopic (exact) mass is 321 g/mol. The van der Waals surface area contributed by atoms with Crippen LogP contribution in [-0.2, 0) is 14.9 Å². The van der Waals surface area contributed by atoms with Crippen LogP contribution >= 0.6 is 0 Å². The second-order valence-corrected chi connectivity index (χ2v) is 7.48. The molecule has 1 aliphatic heterocycles. The fraction of sp³-hybridized carbons (Fsp3) is 1.00. The van der Waals surface area contributed by atoms with E-state index in [4.69, 9.17) is 4.74 Å². The van der Waals surface area contributed by atoms with E-state index in [-0.39, 0.29) is 6.04 Å². The normalized spacial score (nSPS) is 21.0. The van der Waals surface area contributed by atoms with E-state index in [9.17, 15) is 8.42 Å². The Morgan fingerprint density at radius 1 is 1.33 bits per heavy atom. The SMILES string of the molecule is CCCNCC1CCCCN1S(=O)(=O)N(C)CCOCC. The van der Waals surface area contributed by atoms with Crippen LogP contribution in [0.1, 0.15) is 39.5 Å². The molecule has 1 saturated heterocycles. The Morgan fingerprint density at radius 3 is 2.76 bits per heavy atom. The summed E-state index contributed by atoms with van der Waals surface area (Å²) < 4.78 is 33.7. The molecule has 0 amide bonds. The quantitative estimate of drug-likeness (QED) is 0.611. The van der Waals surface area contributed by atoms with Crippen molar-refractivity contribution in [3.05, 3.63) is 0 Å². The van der Waals surface area contributed by atoms with Crippen molar-refractivity contribution < 1.29 is 13.2 Å². The first-order valence-electron chi connectivity index (χ1n) is 8.05. The van der Waals surface area contributed by atoms with Gasteiger partial charge in [0.15, 0.2) is 0 Å². The molecule has 0 aliphatic carbocycles. The first-order valence-corrected chi connectivity index (χ1v) is 9.45. The summed E-state index contributed by atoms with van der Waals surface area (Å²) in [6.07, 6.45) is 4.05. The minimum absolute atomic E-state index is 0.0739. The van der Waals surface area contributed by atoms with E-state index in [1.165, 1.54) is 4.31 Å². The van der Waals surface area contributed by atoms with Crippen LogP contribution in [0.15, 0.2) is 0 Å². The standard InChI is InChI=1S/C14H31N3O3S/c1-4-9-15-13-14-8-6-7-10-17(14)21(18,19)16(3)11-12-20-5-2/h14-15H,4-13H2,1-3H3. The summed E-state index contributed by atoms with van der Waals surface area (Å²) in [4.78, 5) is 0. The molecular weight excluding hydrogens is 290 g/mol. The minimum Gasteiger partial charge on any atom is -0.380 e. The Bertz CT molecular complexity index is 376. The highest BCUT2D eigenvalue weighted by Gasteiger charge is 2.34. The molecule has 1 heterocycles. The summed E-state index contributed by atoms with van der Waals surface area (Å²) in [5.41, 5.74) is 0. The molecule has 0 radical (unpaired) electrons. The highest BCUT2D eigenvalue weighted by atomic mass is 32.2. The van der Waals surface area contributed by atoms with E-state index in [0.29, 0.717) is 26.3 Å². The number of rotatable bonds is 10. The zero-order valence-electron chi connectivity index (χ0n) is 13.7. The topological polar surface area (TPSA) is 61.9 Å². The van der Waals surface area contributed by atoms with Gasteiger partial charge in [0.1, 0.15) is 0 Å². The summed E-state index contributed by atoms with van der Waals surface area (Å²) in [5.74, 6) is 0. The third-order valence-corrected chi connectivity index (χ3v) is 5.87. The smallest absolute Gasteiger partial charge is 0.282 e. The van der Waals surface area contributed by atoms with E-state index < -0.39 is 10.2 Å².